The van der Waals surface area contributed by atoms with Crippen LogP contribution in [-0.2, 0) is 6.54 Å². The molecule has 0 amide bonds. The van der Waals surface area contributed by atoms with Crippen LogP contribution in [0.3, 0.4) is 0 Å². The van der Waals surface area contributed by atoms with Gasteiger partial charge in [0.2, 0.25) is 5.95 Å². The normalized spacial score (nSPS) is 14.0. The monoisotopic (exact) mass is 390 g/mol. The predicted octanol–water partition coefficient (Wildman–Crippen LogP) is 2.84. The fourth-order valence-electron chi connectivity index (χ4n) is 3.51. The van der Waals surface area contributed by atoms with Crippen LogP contribution in [-0.4, -0.2) is 55.5 Å². The molecule has 29 heavy (non-hydrogen) atoms. The molecule has 150 valence electrons. The molecule has 2 heterocycles. The molecular formula is C22H26N6O. The first kappa shape index (κ1) is 19.0. The number of methoxy groups -OCH3 is 1. The van der Waals surface area contributed by atoms with Crippen LogP contribution in [0.25, 0.3) is 0 Å². The number of aromatic nitrogens is 3. The Morgan fingerprint density at radius 2 is 1.62 bits per heavy atom. The highest BCUT2D eigenvalue weighted by Crippen LogP contribution is 2.22. The van der Waals surface area contributed by atoms with Gasteiger partial charge in [-0.05, 0) is 29.8 Å². The lowest BCUT2D eigenvalue weighted by Gasteiger charge is -2.36. The molecule has 4 rings (SSSR count). The summed E-state index contributed by atoms with van der Waals surface area (Å²) >= 11 is 0. The molecule has 0 unspecified atom stereocenters. The first-order chi connectivity index (χ1) is 14.2. The van der Waals surface area contributed by atoms with E-state index < -0.39 is 0 Å². The maximum absolute atomic E-state index is 5.25. The average molecular weight is 390 g/mol. The molecule has 0 radical (unpaired) electrons. The van der Waals surface area contributed by atoms with E-state index >= 15 is 0 Å². The maximum atomic E-state index is 5.25. The van der Waals surface area contributed by atoms with Crippen molar-refractivity contribution in [3.63, 3.8) is 0 Å². The zero-order valence-corrected chi connectivity index (χ0v) is 16.9. The van der Waals surface area contributed by atoms with Gasteiger partial charge in [-0.15, -0.1) is 5.10 Å². The van der Waals surface area contributed by atoms with Gasteiger partial charge in [0.15, 0.2) is 5.82 Å². The van der Waals surface area contributed by atoms with Gasteiger partial charge in [0.25, 0.3) is 0 Å². The summed E-state index contributed by atoms with van der Waals surface area (Å²) in [7, 11) is 3.68. The van der Waals surface area contributed by atoms with Crippen molar-refractivity contribution in [2.45, 2.75) is 6.54 Å². The predicted molar refractivity (Wildman–Crippen MR) is 116 cm³/mol. The van der Waals surface area contributed by atoms with Crippen molar-refractivity contribution in [2.75, 3.05) is 55.0 Å². The Kier molecular flexibility index (Phi) is 5.74. The zero-order valence-electron chi connectivity index (χ0n) is 16.9. The van der Waals surface area contributed by atoms with Crippen LogP contribution in [0.1, 0.15) is 5.56 Å². The second-order valence-corrected chi connectivity index (χ2v) is 7.13. The molecule has 0 N–H and O–H groups in total. The zero-order chi connectivity index (χ0) is 20.1. The first-order valence-corrected chi connectivity index (χ1v) is 9.81. The van der Waals surface area contributed by atoms with E-state index in [9.17, 15) is 0 Å². The van der Waals surface area contributed by atoms with Gasteiger partial charge in [-0.3, -0.25) is 0 Å². The van der Waals surface area contributed by atoms with Crippen LogP contribution in [0.15, 0.2) is 60.8 Å². The Bertz CT molecular complexity index is 910. The van der Waals surface area contributed by atoms with Gasteiger partial charge in [-0.2, -0.15) is 10.1 Å². The average Bonchev–Trinajstić information content (AvgIpc) is 2.80. The summed E-state index contributed by atoms with van der Waals surface area (Å²) in [4.78, 5) is 11.4. The number of hydrogen-bond acceptors (Lipinski definition) is 7. The van der Waals surface area contributed by atoms with Crippen molar-refractivity contribution in [1.82, 2.24) is 15.2 Å². The lowest BCUT2D eigenvalue weighted by Crippen LogP contribution is -2.47. The standard InChI is InChI=1S/C22H26N6O/c1-26(17-18-6-4-3-5-7-18)22-24-21(16-23-25-22)28-14-12-27(13-15-28)19-8-10-20(29-2)11-9-19/h3-11,16H,12-15,17H2,1-2H3. The Hall–Kier alpha value is -3.35. The van der Waals surface area contributed by atoms with Crippen molar-refractivity contribution in [2.24, 2.45) is 0 Å². The van der Waals surface area contributed by atoms with Gasteiger partial charge in [0.1, 0.15) is 5.75 Å². The molecule has 0 spiro atoms. The summed E-state index contributed by atoms with van der Waals surface area (Å²) in [6, 6.07) is 18.5. The summed E-state index contributed by atoms with van der Waals surface area (Å²) in [5, 5.41) is 8.42. The van der Waals surface area contributed by atoms with Crippen LogP contribution in [0, 0.1) is 0 Å². The van der Waals surface area contributed by atoms with Gasteiger partial charge in [0.05, 0.1) is 13.3 Å². The quantitative estimate of drug-likeness (QED) is 0.641. The van der Waals surface area contributed by atoms with E-state index in [2.05, 4.69) is 44.3 Å². The highest BCUT2D eigenvalue weighted by atomic mass is 16.5. The Balaban J connectivity index is 1.39. The topological polar surface area (TPSA) is 57.6 Å². The number of benzene rings is 2. The van der Waals surface area contributed by atoms with E-state index in [0.717, 1.165) is 44.3 Å². The van der Waals surface area contributed by atoms with Gasteiger partial charge in [-0.25, -0.2) is 0 Å². The van der Waals surface area contributed by atoms with E-state index in [0.29, 0.717) is 5.95 Å². The Morgan fingerprint density at radius 1 is 0.931 bits per heavy atom. The highest BCUT2D eigenvalue weighted by molar-refractivity contribution is 5.51. The number of ether oxygens (including phenoxy) is 1. The molecule has 3 aromatic rings. The van der Waals surface area contributed by atoms with Crippen molar-refractivity contribution >= 4 is 17.5 Å². The summed E-state index contributed by atoms with van der Waals surface area (Å²) in [5.41, 5.74) is 2.44. The Labute approximate surface area is 171 Å². The molecule has 1 saturated heterocycles. The minimum atomic E-state index is 0.643. The molecule has 2 aromatic carbocycles. The minimum Gasteiger partial charge on any atom is -0.497 e. The first-order valence-electron chi connectivity index (χ1n) is 9.81. The third-order valence-corrected chi connectivity index (χ3v) is 5.18. The van der Waals surface area contributed by atoms with Gasteiger partial charge in [0, 0.05) is 45.5 Å². The molecule has 0 atom stereocenters. The lowest BCUT2D eigenvalue weighted by atomic mass is 10.2. The number of piperazine rings is 1. The molecule has 1 aliphatic rings. The second-order valence-electron chi connectivity index (χ2n) is 7.13. The van der Waals surface area contributed by atoms with Crippen LogP contribution < -0.4 is 19.4 Å². The van der Waals surface area contributed by atoms with E-state index in [4.69, 9.17) is 9.72 Å². The van der Waals surface area contributed by atoms with E-state index in [1.54, 1.807) is 13.3 Å². The van der Waals surface area contributed by atoms with Crippen LogP contribution in [0.5, 0.6) is 5.75 Å². The molecule has 0 aliphatic carbocycles. The fraction of sp³-hybridized carbons (Fsp3) is 0.318. The van der Waals surface area contributed by atoms with Crippen molar-refractivity contribution in [1.29, 1.82) is 0 Å². The minimum absolute atomic E-state index is 0.643. The molecule has 7 nitrogen and oxygen atoms in total. The molecular weight excluding hydrogens is 364 g/mol. The lowest BCUT2D eigenvalue weighted by molar-refractivity contribution is 0.415. The molecule has 0 saturated carbocycles. The molecule has 1 aromatic heterocycles. The molecule has 7 heteroatoms. The van der Waals surface area contributed by atoms with Gasteiger partial charge < -0.3 is 19.4 Å². The van der Waals surface area contributed by atoms with Crippen LogP contribution >= 0.6 is 0 Å². The van der Waals surface area contributed by atoms with E-state index in [1.807, 2.05) is 42.3 Å². The Morgan fingerprint density at radius 3 is 2.31 bits per heavy atom. The smallest absolute Gasteiger partial charge is 0.247 e. The van der Waals surface area contributed by atoms with Crippen molar-refractivity contribution in [3.8, 4) is 5.75 Å². The molecule has 1 fully saturated rings. The number of rotatable bonds is 6. The third-order valence-electron chi connectivity index (χ3n) is 5.18. The van der Waals surface area contributed by atoms with E-state index in [1.165, 1.54) is 11.3 Å². The summed E-state index contributed by atoms with van der Waals surface area (Å²) in [5.74, 6) is 2.40. The largest absolute Gasteiger partial charge is 0.497 e. The van der Waals surface area contributed by atoms with Crippen LogP contribution in [0.2, 0.25) is 0 Å². The van der Waals surface area contributed by atoms with Crippen LogP contribution in [0.4, 0.5) is 17.5 Å². The fourth-order valence-corrected chi connectivity index (χ4v) is 3.51. The van der Waals surface area contributed by atoms with Gasteiger partial charge in [-0.1, -0.05) is 30.3 Å². The summed E-state index contributed by atoms with van der Waals surface area (Å²) in [6.07, 6.45) is 1.75. The second kappa shape index (κ2) is 8.77. The summed E-state index contributed by atoms with van der Waals surface area (Å²) in [6.45, 7) is 4.41. The highest BCUT2D eigenvalue weighted by Gasteiger charge is 2.20. The summed E-state index contributed by atoms with van der Waals surface area (Å²) < 4.78 is 5.25. The SMILES string of the molecule is COc1ccc(N2CCN(c3cnnc(N(C)Cc4ccccc4)n3)CC2)cc1. The molecule has 0 bridgehead atoms. The molecule has 1 aliphatic heterocycles. The number of anilines is 3. The van der Waals surface area contributed by atoms with Crippen molar-refractivity contribution in [3.05, 3.63) is 66.4 Å². The third kappa shape index (κ3) is 4.56. The maximum Gasteiger partial charge on any atom is 0.247 e. The van der Waals surface area contributed by atoms with Crippen molar-refractivity contribution < 1.29 is 4.74 Å². The van der Waals surface area contributed by atoms with Gasteiger partial charge >= 0.3 is 0 Å². The van der Waals surface area contributed by atoms with E-state index in [-0.39, 0.29) is 0 Å². The number of hydrogen-bond donors (Lipinski definition) is 0. The number of nitrogens with zero attached hydrogens (tertiary/aromatic N) is 6.